The van der Waals surface area contributed by atoms with Crippen LogP contribution in [0.5, 0.6) is 0 Å². The van der Waals surface area contributed by atoms with Crippen LogP contribution in [0.3, 0.4) is 0 Å². The van der Waals surface area contributed by atoms with Crippen LogP contribution >= 0.6 is 0 Å². The fourth-order valence-electron chi connectivity index (χ4n) is 2.32. The van der Waals surface area contributed by atoms with Gasteiger partial charge in [-0.1, -0.05) is 37.3 Å². The molecule has 1 heterocycles. The lowest BCUT2D eigenvalue weighted by Gasteiger charge is -2.10. The molecule has 0 spiro atoms. The molecule has 0 bridgehead atoms. The molecule has 0 fully saturated rings. The van der Waals surface area contributed by atoms with E-state index in [9.17, 15) is 4.79 Å². The molecule has 3 aromatic rings. The molecule has 0 aliphatic heterocycles. The molecule has 0 unspecified atom stereocenters. The van der Waals surface area contributed by atoms with Gasteiger partial charge < -0.3 is 0 Å². The van der Waals surface area contributed by atoms with Crippen molar-refractivity contribution in [3.05, 3.63) is 63.4 Å². The van der Waals surface area contributed by atoms with E-state index in [4.69, 9.17) is 0 Å². The van der Waals surface area contributed by atoms with E-state index in [2.05, 4.69) is 23.3 Å². The fourth-order valence-corrected chi connectivity index (χ4v) is 2.32. The zero-order valence-electron chi connectivity index (χ0n) is 13.7. The van der Waals surface area contributed by atoms with Gasteiger partial charge in [-0.3, -0.25) is 4.79 Å². The average molecular weight is 295 g/mol. The van der Waals surface area contributed by atoms with Crippen LogP contribution in [0.15, 0.2) is 41.2 Å². The summed E-state index contributed by atoms with van der Waals surface area (Å²) in [5.41, 5.74) is 4.62. The van der Waals surface area contributed by atoms with Gasteiger partial charge in [0.2, 0.25) is 0 Å². The van der Waals surface area contributed by atoms with Gasteiger partial charge in [0.15, 0.2) is 0 Å². The third-order valence-corrected chi connectivity index (χ3v) is 3.61. The highest BCUT2D eigenvalue weighted by atomic mass is 16.1. The van der Waals surface area contributed by atoms with E-state index in [0.717, 1.165) is 16.8 Å². The van der Waals surface area contributed by atoms with Crippen LogP contribution in [0.4, 0.5) is 0 Å². The molecule has 114 valence electrons. The summed E-state index contributed by atoms with van der Waals surface area (Å²) in [6.07, 6.45) is 0. The summed E-state index contributed by atoms with van der Waals surface area (Å²) in [6.45, 7) is 10.1. The Bertz CT molecular complexity index is 866. The predicted octanol–water partition coefficient (Wildman–Crippen LogP) is 3.73. The fraction of sp³-hybridized carbons (Fsp3) is 0.278. The topological polar surface area (TPSA) is 47.8 Å². The minimum atomic E-state index is -0.137. The van der Waals surface area contributed by atoms with Gasteiger partial charge in [-0.2, -0.15) is 4.68 Å². The van der Waals surface area contributed by atoms with Gasteiger partial charge in [-0.05, 0) is 55.7 Å². The van der Waals surface area contributed by atoms with Crippen molar-refractivity contribution in [3.8, 4) is 5.69 Å². The Labute approximate surface area is 130 Å². The molecule has 22 heavy (non-hydrogen) atoms. The lowest BCUT2D eigenvalue weighted by Crippen LogP contribution is -2.23. The van der Waals surface area contributed by atoms with Crippen molar-refractivity contribution < 1.29 is 0 Å². The molecule has 0 aliphatic carbocycles. The molecule has 0 amide bonds. The molecule has 1 aromatic heterocycles. The summed E-state index contributed by atoms with van der Waals surface area (Å²) in [4.78, 5) is 12.5. The highest BCUT2D eigenvalue weighted by Gasteiger charge is 2.10. The Morgan fingerprint density at radius 2 is 1.55 bits per heavy atom. The number of aryl methyl sites for hydroxylation is 3. The van der Waals surface area contributed by atoms with Crippen LogP contribution < -0.4 is 5.56 Å². The van der Waals surface area contributed by atoms with E-state index in [-0.39, 0.29) is 5.56 Å². The highest BCUT2D eigenvalue weighted by Crippen LogP contribution is 2.17. The molecule has 0 N–H and O–H groups in total. The molecule has 0 atom stereocenters. The molecule has 4 heteroatoms. The Kier molecular flexibility index (Phi) is 4.71. The smallest absolute Gasteiger partial charge is 0.267 e. The Morgan fingerprint density at radius 1 is 0.909 bits per heavy atom. The van der Waals surface area contributed by atoms with Crippen LogP contribution in [0.1, 0.15) is 30.5 Å². The summed E-state index contributed by atoms with van der Waals surface area (Å²) in [5, 5.41) is 8.77. The molecule has 0 radical (unpaired) electrons. The van der Waals surface area contributed by atoms with Gasteiger partial charge in [-0.25, -0.2) is 0 Å². The number of hydrogen-bond donors (Lipinski definition) is 0. The number of hydrogen-bond acceptors (Lipinski definition) is 3. The lowest BCUT2D eigenvalue weighted by molar-refractivity contribution is 0.733. The molecule has 2 aromatic carbocycles. The van der Waals surface area contributed by atoms with Gasteiger partial charge in [0.1, 0.15) is 5.52 Å². The van der Waals surface area contributed by atoms with Crippen LogP contribution in [0.2, 0.25) is 0 Å². The molecule has 3 rings (SSSR count). The average Bonchev–Trinajstić information content (AvgIpc) is 2.54. The zero-order chi connectivity index (χ0) is 16.3. The molecule has 0 aliphatic rings. The molecule has 4 nitrogen and oxygen atoms in total. The van der Waals surface area contributed by atoms with E-state index in [1.165, 1.54) is 10.2 Å². The highest BCUT2D eigenvalue weighted by molar-refractivity contribution is 5.76. The van der Waals surface area contributed by atoms with Crippen molar-refractivity contribution in [2.24, 2.45) is 0 Å². The summed E-state index contributed by atoms with van der Waals surface area (Å²) < 4.78 is 1.38. The molecular formula is C18H21N3O. The number of fused-ring (bicyclic) bond motifs is 1. The van der Waals surface area contributed by atoms with Crippen LogP contribution in [-0.2, 0) is 0 Å². The third-order valence-electron chi connectivity index (χ3n) is 3.61. The van der Waals surface area contributed by atoms with E-state index < -0.39 is 0 Å². The van der Waals surface area contributed by atoms with Crippen LogP contribution in [0, 0.1) is 20.8 Å². The van der Waals surface area contributed by atoms with Crippen molar-refractivity contribution >= 4 is 10.9 Å². The van der Waals surface area contributed by atoms with Gasteiger partial charge in [0, 0.05) is 0 Å². The second kappa shape index (κ2) is 6.52. The van der Waals surface area contributed by atoms with Gasteiger partial charge in [0.05, 0.1) is 11.1 Å². The Morgan fingerprint density at radius 3 is 2.27 bits per heavy atom. The van der Waals surface area contributed by atoms with Gasteiger partial charge >= 0.3 is 0 Å². The summed E-state index contributed by atoms with van der Waals surface area (Å²) >= 11 is 0. The quantitative estimate of drug-likeness (QED) is 0.687. The third kappa shape index (κ3) is 2.77. The SMILES string of the molecule is CC.Cc1cc(C)c(-n2nnc3ccccc3c2=O)cc1C. The molecule has 0 saturated carbocycles. The van der Waals surface area contributed by atoms with Crippen LogP contribution in [0.25, 0.3) is 16.6 Å². The standard InChI is InChI=1S/C16H15N3O.C2H6/c1-10-8-12(3)15(9-11(10)2)19-16(20)13-6-4-5-7-14(13)17-18-19;1-2/h4-9H,1-3H3;1-2H3. The van der Waals surface area contributed by atoms with Crippen molar-refractivity contribution in [2.75, 3.05) is 0 Å². The number of benzene rings is 2. The molecular weight excluding hydrogens is 274 g/mol. The largest absolute Gasteiger partial charge is 0.282 e. The van der Waals surface area contributed by atoms with Crippen molar-refractivity contribution in [1.82, 2.24) is 15.0 Å². The maximum absolute atomic E-state index is 12.5. The van der Waals surface area contributed by atoms with E-state index in [1.54, 1.807) is 12.1 Å². The first-order valence-electron chi connectivity index (χ1n) is 7.51. The van der Waals surface area contributed by atoms with E-state index in [0.29, 0.717) is 10.9 Å². The molecule has 0 saturated heterocycles. The van der Waals surface area contributed by atoms with E-state index >= 15 is 0 Å². The monoisotopic (exact) mass is 295 g/mol. The summed E-state index contributed by atoms with van der Waals surface area (Å²) in [7, 11) is 0. The minimum Gasteiger partial charge on any atom is -0.267 e. The number of rotatable bonds is 1. The first-order chi connectivity index (χ1) is 10.6. The van der Waals surface area contributed by atoms with Gasteiger partial charge in [-0.15, -0.1) is 5.10 Å². The van der Waals surface area contributed by atoms with Crippen LogP contribution in [-0.4, -0.2) is 15.0 Å². The Hall–Kier alpha value is -2.49. The predicted molar refractivity (Wildman–Crippen MR) is 90.7 cm³/mol. The zero-order valence-corrected chi connectivity index (χ0v) is 13.7. The summed E-state index contributed by atoms with van der Waals surface area (Å²) in [5.74, 6) is 0. The second-order valence-corrected chi connectivity index (χ2v) is 5.05. The van der Waals surface area contributed by atoms with Crippen molar-refractivity contribution in [3.63, 3.8) is 0 Å². The summed E-state index contributed by atoms with van der Waals surface area (Å²) in [6, 6.07) is 11.3. The first-order valence-corrected chi connectivity index (χ1v) is 7.51. The number of nitrogens with zero attached hydrogens (tertiary/aromatic N) is 3. The minimum absolute atomic E-state index is 0.137. The Balaban J connectivity index is 0.000000847. The van der Waals surface area contributed by atoms with Crippen molar-refractivity contribution in [2.45, 2.75) is 34.6 Å². The van der Waals surface area contributed by atoms with E-state index in [1.807, 2.05) is 45.9 Å². The number of aromatic nitrogens is 3. The first kappa shape index (κ1) is 15.9. The normalized spacial score (nSPS) is 10.2. The lowest BCUT2D eigenvalue weighted by atomic mass is 10.1. The second-order valence-electron chi connectivity index (χ2n) is 5.05. The maximum Gasteiger partial charge on any atom is 0.282 e. The maximum atomic E-state index is 12.5. The van der Waals surface area contributed by atoms with Gasteiger partial charge in [0.25, 0.3) is 5.56 Å². The van der Waals surface area contributed by atoms with Crippen molar-refractivity contribution in [1.29, 1.82) is 0 Å².